The fraction of sp³-hybridized carbons (Fsp3) is 0.0556. The maximum Gasteiger partial charge on any atom is 0.267 e. The molecule has 0 aliphatic heterocycles. The predicted octanol–water partition coefficient (Wildman–Crippen LogP) is 3.34. The Morgan fingerprint density at radius 3 is 2.27 bits per heavy atom. The molecule has 5 N–H and O–H groups in total. The first-order valence-corrected chi connectivity index (χ1v) is 7.87. The van der Waals surface area contributed by atoms with Crippen LogP contribution in [0.15, 0.2) is 54.2 Å². The maximum atomic E-state index is 12.2. The number of rotatable bonds is 5. The van der Waals surface area contributed by atoms with Crippen molar-refractivity contribution in [3.05, 3.63) is 59.3 Å². The van der Waals surface area contributed by atoms with Gasteiger partial charge in [-0.1, -0.05) is 11.6 Å². The molecule has 2 rings (SSSR count). The van der Waals surface area contributed by atoms with Crippen LogP contribution in [-0.2, 0) is 9.59 Å². The lowest BCUT2D eigenvalue weighted by Crippen LogP contribution is -2.14. The summed E-state index contributed by atoms with van der Waals surface area (Å²) < 4.78 is 0. The number of hydrogen-bond donors (Lipinski definition) is 4. The van der Waals surface area contributed by atoms with Crippen molar-refractivity contribution >= 4 is 46.2 Å². The van der Waals surface area contributed by atoms with E-state index >= 15 is 0 Å². The average molecular weight is 370 g/mol. The number of nitrogens with one attached hydrogen (secondary N) is 3. The zero-order valence-corrected chi connectivity index (χ0v) is 14.6. The molecule has 0 unspecified atom stereocenters. The van der Waals surface area contributed by atoms with E-state index in [-0.39, 0.29) is 11.5 Å². The van der Waals surface area contributed by atoms with E-state index < -0.39 is 5.91 Å². The Hall–Kier alpha value is -3.50. The second-order valence-corrected chi connectivity index (χ2v) is 5.67. The molecule has 0 fully saturated rings. The highest BCUT2D eigenvalue weighted by Crippen LogP contribution is 2.23. The average Bonchev–Trinajstić information content (AvgIpc) is 2.59. The smallest absolute Gasteiger partial charge is 0.267 e. The molecule has 0 atom stereocenters. The zero-order valence-electron chi connectivity index (χ0n) is 13.8. The van der Waals surface area contributed by atoms with Gasteiger partial charge in [-0.3, -0.25) is 9.59 Å². The van der Waals surface area contributed by atoms with Crippen LogP contribution in [0, 0.1) is 11.3 Å². The van der Waals surface area contributed by atoms with Gasteiger partial charge in [0, 0.05) is 30.2 Å². The molecule has 26 heavy (non-hydrogen) atoms. The van der Waals surface area contributed by atoms with E-state index in [1.165, 1.54) is 19.2 Å². The Morgan fingerprint density at radius 2 is 1.69 bits per heavy atom. The van der Waals surface area contributed by atoms with Gasteiger partial charge in [-0.15, -0.1) is 0 Å². The number of carbonyl (C=O) groups excluding carboxylic acids is 2. The van der Waals surface area contributed by atoms with Crippen LogP contribution in [0.4, 0.5) is 22.7 Å². The largest absolute Gasteiger partial charge is 0.398 e. The molecule has 0 saturated heterocycles. The molecule has 0 spiro atoms. The van der Waals surface area contributed by atoms with Crippen LogP contribution in [0.1, 0.15) is 6.92 Å². The molecule has 0 aromatic heterocycles. The van der Waals surface area contributed by atoms with E-state index in [2.05, 4.69) is 16.0 Å². The van der Waals surface area contributed by atoms with E-state index in [4.69, 9.17) is 17.3 Å². The van der Waals surface area contributed by atoms with E-state index in [0.29, 0.717) is 27.8 Å². The summed E-state index contributed by atoms with van der Waals surface area (Å²) in [7, 11) is 0. The molecule has 2 aromatic rings. The summed E-state index contributed by atoms with van der Waals surface area (Å²) in [6.45, 7) is 1.42. The topological polar surface area (TPSA) is 120 Å². The van der Waals surface area contributed by atoms with Gasteiger partial charge in [0.2, 0.25) is 5.91 Å². The van der Waals surface area contributed by atoms with Crippen LogP contribution in [-0.4, -0.2) is 11.8 Å². The van der Waals surface area contributed by atoms with Gasteiger partial charge in [-0.2, -0.15) is 5.26 Å². The molecular formula is C18H16ClN5O2. The number of nitrogen functional groups attached to an aromatic ring is 1. The second-order valence-electron chi connectivity index (χ2n) is 5.26. The van der Waals surface area contributed by atoms with Crippen molar-refractivity contribution in [2.75, 3.05) is 21.7 Å². The van der Waals surface area contributed by atoms with Gasteiger partial charge in [0.05, 0.1) is 10.7 Å². The number of nitriles is 1. The van der Waals surface area contributed by atoms with Crippen LogP contribution < -0.4 is 21.7 Å². The van der Waals surface area contributed by atoms with Gasteiger partial charge in [-0.05, 0) is 42.5 Å². The molecule has 132 valence electrons. The van der Waals surface area contributed by atoms with Crippen molar-refractivity contribution in [2.24, 2.45) is 0 Å². The summed E-state index contributed by atoms with van der Waals surface area (Å²) in [6.07, 6.45) is 1.29. The van der Waals surface area contributed by atoms with Crippen molar-refractivity contribution in [3.8, 4) is 6.07 Å². The molecule has 2 amide bonds. The molecular weight excluding hydrogens is 354 g/mol. The number of benzene rings is 2. The Kier molecular flexibility index (Phi) is 6.20. The number of anilines is 4. The molecule has 8 heteroatoms. The van der Waals surface area contributed by atoms with E-state index in [0.717, 1.165) is 0 Å². The number of halogens is 1. The first-order chi connectivity index (χ1) is 12.4. The molecule has 0 saturated carbocycles. The predicted molar refractivity (Wildman–Crippen MR) is 103 cm³/mol. The Morgan fingerprint density at radius 1 is 1.08 bits per heavy atom. The molecule has 0 radical (unpaired) electrons. The fourth-order valence-electron chi connectivity index (χ4n) is 1.96. The van der Waals surface area contributed by atoms with Crippen LogP contribution in [0.3, 0.4) is 0 Å². The van der Waals surface area contributed by atoms with Crippen molar-refractivity contribution in [1.82, 2.24) is 0 Å². The van der Waals surface area contributed by atoms with Crippen molar-refractivity contribution in [3.63, 3.8) is 0 Å². The van der Waals surface area contributed by atoms with E-state index in [1.54, 1.807) is 36.4 Å². The van der Waals surface area contributed by atoms with Gasteiger partial charge in [0.25, 0.3) is 5.91 Å². The van der Waals surface area contributed by atoms with Crippen LogP contribution in [0.25, 0.3) is 0 Å². The summed E-state index contributed by atoms with van der Waals surface area (Å²) in [4.78, 5) is 23.2. The highest BCUT2D eigenvalue weighted by atomic mass is 35.5. The highest BCUT2D eigenvalue weighted by Gasteiger charge is 2.10. The molecule has 0 aliphatic rings. The Balaban J connectivity index is 2.04. The number of amides is 2. The Labute approximate surface area is 155 Å². The van der Waals surface area contributed by atoms with Gasteiger partial charge in [0.15, 0.2) is 0 Å². The molecule has 7 nitrogen and oxygen atoms in total. The van der Waals surface area contributed by atoms with Gasteiger partial charge in [-0.25, -0.2) is 0 Å². The number of hydrogen-bond acceptors (Lipinski definition) is 5. The minimum absolute atomic E-state index is 0.121. The number of carbonyl (C=O) groups is 2. The minimum atomic E-state index is -0.587. The normalized spacial score (nSPS) is 10.6. The summed E-state index contributed by atoms with van der Waals surface area (Å²) in [5, 5.41) is 17.6. The fourth-order valence-corrected chi connectivity index (χ4v) is 2.14. The lowest BCUT2D eigenvalue weighted by atomic mass is 10.2. The molecule has 0 aliphatic carbocycles. The standard InChI is InChI=1S/C18H16ClN5O2/c1-11(25)23-14-4-2-13(3-5-14)22-10-12(9-20)18(26)24-15-6-7-17(21)16(19)8-15/h2-8,10,22H,21H2,1H3,(H,23,25)(H,24,26)/b12-10-. The summed E-state index contributed by atoms with van der Waals surface area (Å²) in [6, 6.07) is 13.3. The van der Waals surface area contributed by atoms with Crippen LogP contribution in [0.5, 0.6) is 0 Å². The van der Waals surface area contributed by atoms with E-state index in [9.17, 15) is 14.9 Å². The summed E-state index contributed by atoms with van der Waals surface area (Å²) >= 11 is 5.90. The third-order valence-electron chi connectivity index (χ3n) is 3.21. The minimum Gasteiger partial charge on any atom is -0.398 e. The maximum absolute atomic E-state index is 12.2. The third kappa shape index (κ3) is 5.26. The van der Waals surface area contributed by atoms with Gasteiger partial charge in [0.1, 0.15) is 11.6 Å². The Bertz CT molecular complexity index is 901. The molecule has 0 heterocycles. The first kappa shape index (κ1) is 18.8. The SMILES string of the molecule is CC(=O)Nc1ccc(N/C=C(/C#N)C(=O)Nc2ccc(N)c(Cl)c2)cc1. The summed E-state index contributed by atoms with van der Waals surface area (Å²) in [5.41, 5.74) is 7.60. The van der Waals surface area contributed by atoms with Crippen LogP contribution >= 0.6 is 11.6 Å². The summed E-state index contributed by atoms with van der Waals surface area (Å²) in [5.74, 6) is -0.757. The van der Waals surface area contributed by atoms with Crippen molar-refractivity contribution in [2.45, 2.75) is 6.92 Å². The van der Waals surface area contributed by atoms with E-state index in [1.807, 2.05) is 6.07 Å². The quantitative estimate of drug-likeness (QED) is 0.366. The lowest BCUT2D eigenvalue weighted by Gasteiger charge is -2.07. The van der Waals surface area contributed by atoms with Gasteiger partial charge < -0.3 is 21.7 Å². The number of nitrogens with two attached hydrogens (primary N) is 1. The van der Waals surface area contributed by atoms with Crippen LogP contribution in [0.2, 0.25) is 5.02 Å². The molecule has 2 aromatic carbocycles. The zero-order chi connectivity index (χ0) is 19.1. The second kappa shape index (κ2) is 8.55. The number of nitrogens with zero attached hydrogens (tertiary/aromatic N) is 1. The van der Waals surface area contributed by atoms with Crippen molar-refractivity contribution in [1.29, 1.82) is 5.26 Å². The lowest BCUT2D eigenvalue weighted by molar-refractivity contribution is -0.114. The van der Waals surface area contributed by atoms with Gasteiger partial charge >= 0.3 is 0 Å². The first-order valence-electron chi connectivity index (χ1n) is 7.50. The highest BCUT2D eigenvalue weighted by molar-refractivity contribution is 6.33. The monoisotopic (exact) mass is 369 g/mol. The van der Waals surface area contributed by atoms with Crippen molar-refractivity contribution < 1.29 is 9.59 Å². The molecule has 0 bridgehead atoms. The third-order valence-corrected chi connectivity index (χ3v) is 3.54.